The van der Waals surface area contributed by atoms with Crippen LogP contribution in [0, 0.1) is 12.8 Å². The third-order valence-electron chi connectivity index (χ3n) is 6.00. The second-order valence-corrected chi connectivity index (χ2v) is 8.21. The maximum atomic E-state index is 12.5. The minimum absolute atomic E-state index is 0.124. The number of nitrogens with zero attached hydrogens (tertiary/aromatic N) is 1. The minimum Gasteiger partial charge on any atom is -0.352 e. The molecule has 1 aromatic carbocycles. The van der Waals surface area contributed by atoms with Crippen molar-refractivity contribution < 1.29 is 9.59 Å². The number of hydrogen-bond acceptors (Lipinski definition) is 3. The van der Waals surface area contributed by atoms with E-state index in [0.29, 0.717) is 17.8 Å². The Labute approximate surface area is 168 Å². The van der Waals surface area contributed by atoms with Crippen LogP contribution in [-0.4, -0.2) is 49.1 Å². The van der Waals surface area contributed by atoms with Gasteiger partial charge in [0.25, 0.3) is 5.91 Å². The number of nitrogens with one attached hydrogen (secondary N) is 3. The highest BCUT2D eigenvalue weighted by atomic mass is 16.2. The topological polar surface area (TPSA) is 73.5 Å². The molecule has 1 aromatic rings. The maximum absolute atomic E-state index is 12.5. The van der Waals surface area contributed by atoms with Crippen molar-refractivity contribution in [3.63, 3.8) is 0 Å². The fourth-order valence-corrected chi connectivity index (χ4v) is 4.32. The van der Waals surface area contributed by atoms with Crippen molar-refractivity contribution >= 4 is 17.6 Å². The summed E-state index contributed by atoms with van der Waals surface area (Å²) < 4.78 is 0. The Morgan fingerprint density at radius 1 is 1.11 bits per heavy atom. The normalized spacial score (nSPS) is 18.8. The molecular formula is C22H34N4O2. The average molecular weight is 387 g/mol. The zero-order chi connectivity index (χ0) is 19.9. The molecule has 1 aliphatic heterocycles. The van der Waals surface area contributed by atoms with Crippen molar-refractivity contribution in [1.82, 2.24) is 15.5 Å². The molecule has 1 heterocycles. The van der Waals surface area contributed by atoms with Crippen LogP contribution < -0.4 is 16.0 Å². The summed E-state index contributed by atoms with van der Waals surface area (Å²) in [6, 6.07) is 5.41. The number of likely N-dealkylation sites (tertiary alicyclic amines) is 1. The SMILES string of the molecule is CCNC(=O)c1ccc(C)c(NC(=O)NC2CCN(CC3CCCC3)CC2)c1. The van der Waals surface area contributed by atoms with Crippen LogP contribution in [0.1, 0.15) is 61.4 Å². The number of carbonyl (C=O) groups excluding carboxylic acids is 2. The smallest absolute Gasteiger partial charge is 0.319 e. The number of urea groups is 1. The number of carbonyl (C=O) groups is 2. The van der Waals surface area contributed by atoms with E-state index < -0.39 is 0 Å². The fourth-order valence-electron chi connectivity index (χ4n) is 4.32. The molecule has 2 aliphatic rings. The van der Waals surface area contributed by atoms with Crippen LogP contribution in [0.2, 0.25) is 0 Å². The molecule has 0 bridgehead atoms. The van der Waals surface area contributed by atoms with E-state index in [0.717, 1.165) is 37.4 Å². The van der Waals surface area contributed by atoms with E-state index in [9.17, 15) is 9.59 Å². The van der Waals surface area contributed by atoms with E-state index in [2.05, 4.69) is 20.9 Å². The molecule has 0 unspecified atom stereocenters. The van der Waals surface area contributed by atoms with Crippen molar-refractivity contribution in [3.05, 3.63) is 29.3 Å². The van der Waals surface area contributed by atoms with Crippen molar-refractivity contribution in [2.45, 2.75) is 58.4 Å². The summed E-state index contributed by atoms with van der Waals surface area (Å²) >= 11 is 0. The lowest BCUT2D eigenvalue weighted by Gasteiger charge is -2.33. The third-order valence-corrected chi connectivity index (χ3v) is 6.00. The van der Waals surface area contributed by atoms with Gasteiger partial charge in [0.05, 0.1) is 0 Å². The van der Waals surface area contributed by atoms with Crippen LogP contribution in [0.3, 0.4) is 0 Å². The molecule has 0 spiro atoms. The lowest BCUT2D eigenvalue weighted by Crippen LogP contribution is -2.46. The number of rotatable bonds is 6. The highest BCUT2D eigenvalue weighted by molar-refractivity contribution is 5.97. The molecule has 3 N–H and O–H groups in total. The first-order valence-corrected chi connectivity index (χ1v) is 10.7. The molecule has 3 rings (SSSR count). The Morgan fingerprint density at radius 2 is 1.82 bits per heavy atom. The molecule has 6 nitrogen and oxygen atoms in total. The first-order chi connectivity index (χ1) is 13.5. The van der Waals surface area contributed by atoms with Gasteiger partial charge in [-0.15, -0.1) is 0 Å². The minimum atomic E-state index is -0.189. The number of hydrogen-bond donors (Lipinski definition) is 3. The van der Waals surface area contributed by atoms with Gasteiger partial charge in [0.2, 0.25) is 0 Å². The van der Waals surface area contributed by atoms with Crippen LogP contribution in [0.15, 0.2) is 18.2 Å². The average Bonchev–Trinajstić information content (AvgIpc) is 3.18. The standard InChI is InChI=1S/C22H34N4O2/c1-3-23-21(27)18-9-8-16(2)20(14-18)25-22(28)24-19-10-12-26(13-11-19)15-17-6-4-5-7-17/h8-9,14,17,19H,3-7,10-13,15H2,1-2H3,(H,23,27)(H2,24,25,28). The van der Waals surface area contributed by atoms with Crippen LogP contribution in [-0.2, 0) is 0 Å². The van der Waals surface area contributed by atoms with Crippen LogP contribution in [0.4, 0.5) is 10.5 Å². The molecule has 1 saturated heterocycles. The number of piperidine rings is 1. The number of benzene rings is 1. The van der Waals surface area contributed by atoms with Gasteiger partial charge in [-0.3, -0.25) is 4.79 Å². The van der Waals surface area contributed by atoms with Crippen molar-refractivity contribution in [2.24, 2.45) is 5.92 Å². The number of aryl methyl sites for hydroxylation is 1. The molecule has 154 valence electrons. The van der Waals surface area contributed by atoms with Crippen molar-refractivity contribution in [3.8, 4) is 0 Å². The summed E-state index contributed by atoms with van der Waals surface area (Å²) in [5.41, 5.74) is 2.18. The summed E-state index contributed by atoms with van der Waals surface area (Å²) in [5, 5.41) is 8.81. The highest BCUT2D eigenvalue weighted by Gasteiger charge is 2.24. The summed E-state index contributed by atoms with van der Waals surface area (Å²) in [7, 11) is 0. The van der Waals surface area contributed by atoms with Gasteiger partial charge in [-0.25, -0.2) is 4.79 Å². The van der Waals surface area contributed by atoms with E-state index in [1.54, 1.807) is 12.1 Å². The summed E-state index contributed by atoms with van der Waals surface area (Å²) in [5.74, 6) is 0.758. The zero-order valence-corrected chi connectivity index (χ0v) is 17.2. The third kappa shape index (κ3) is 5.71. The van der Waals surface area contributed by atoms with Crippen molar-refractivity contribution in [1.29, 1.82) is 0 Å². The Bertz CT molecular complexity index is 677. The summed E-state index contributed by atoms with van der Waals surface area (Å²) in [6.07, 6.45) is 7.55. The van der Waals surface area contributed by atoms with Gasteiger partial charge in [-0.2, -0.15) is 0 Å². The summed E-state index contributed by atoms with van der Waals surface area (Å²) in [6.45, 7) is 7.75. The largest absolute Gasteiger partial charge is 0.352 e. The Hall–Kier alpha value is -2.08. The van der Waals surface area contributed by atoms with Gasteiger partial charge in [0.15, 0.2) is 0 Å². The van der Waals surface area contributed by atoms with E-state index in [1.165, 1.54) is 32.2 Å². The molecule has 0 atom stereocenters. The lowest BCUT2D eigenvalue weighted by molar-refractivity contribution is 0.0956. The zero-order valence-electron chi connectivity index (χ0n) is 17.2. The van der Waals surface area contributed by atoms with Gasteiger partial charge in [-0.05, 0) is 63.1 Å². The predicted octanol–water partition coefficient (Wildman–Crippen LogP) is 3.52. The molecular weight excluding hydrogens is 352 g/mol. The van der Waals surface area contributed by atoms with E-state index in [1.807, 2.05) is 19.9 Å². The number of amides is 3. The molecule has 0 radical (unpaired) electrons. The van der Waals surface area contributed by atoms with Crippen LogP contribution >= 0.6 is 0 Å². The summed E-state index contributed by atoms with van der Waals surface area (Å²) in [4.78, 5) is 27.0. The molecule has 3 amide bonds. The Kier molecular flexibility index (Phi) is 7.31. The molecule has 2 fully saturated rings. The van der Waals surface area contributed by atoms with Crippen LogP contribution in [0.5, 0.6) is 0 Å². The van der Waals surface area contributed by atoms with E-state index in [-0.39, 0.29) is 18.0 Å². The van der Waals surface area contributed by atoms with Gasteiger partial charge in [0, 0.05) is 43.5 Å². The monoisotopic (exact) mass is 386 g/mol. The Balaban J connectivity index is 1.46. The first kappa shape index (κ1) is 20.6. The molecule has 28 heavy (non-hydrogen) atoms. The maximum Gasteiger partial charge on any atom is 0.319 e. The van der Waals surface area contributed by atoms with E-state index in [4.69, 9.17) is 0 Å². The highest BCUT2D eigenvalue weighted by Crippen LogP contribution is 2.26. The van der Waals surface area contributed by atoms with Gasteiger partial charge >= 0.3 is 6.03 Å². The second-order valence-electron chi connectivity index (χ2n) is 8.21. The fraction of sp³-hybridized carbons (Fsp3) is 0.636. The van der Waals surface area contributed by atoms with Crippen molar-refractivity contribution in [2.75, 3.05) is 31.5 Å². The van der Waals surface area contributed by atoms with Gasteiger partial charge < -0.3 is 20.9 Å². The number of anilines is 1. The molecule has 1 saturated carbocycles. The van der Waals surface area contributed by atoms with E-state index >= 15 is 0 Å². The lowest BCUT2D eigenvalue weighted by atomic mass is 10.0. The van der Waals surface area contributed by atoms with Gasteiger partial charge in [-0.1, -0.05) is 18.9 Å². The molecule has 1 aliphatic carbocycles. The first-order valence-electron chi connectivity index (χ1n) is 10.7. The second kappa shape index (κ2) is 9.92. The predicted molar refractivity (Wildman–Crippen MR) is 113 cm³/mol. The molecule has 0 aromatic heterocycles. The quantitative estimate of drug-likeness (QED) is 0.700. The van der Waals surface area contributed by atoms with Crippen LogP contribution in [0.25, 0.3) is 0 Å². The molecule has 6 heteroatoms. The Morgan fingerprint density at radius 3 is 2.50 bits per heavy atom. The van der Waals surface area contributed by atoms with Gasteiger partial charge in [0.1, 0.15) is 0 Å².